The number of pyridine rings is 1. The maximum absolute atomic E-state index is 13.0. The molecular formula is C17H28FN3. The predicted octanol–water partition coefficient (Wildman–Crippen LogP) is 3.52. The third-order valence-electron chi connectivity index (χ3n) is 4.66. The Labute approximate surface area is 127 Å². The third-order valence-corrected chi connectivity index (χ3v) is 4.66. The van der Waals surface area contributed by atoms with Gasteiger partial charge in [0.15, 0.2) is 0 Å². The molecule has 0 amide bonds. The first kappa shape index (κ1) is 16.4. The predicted molar refractivity (Wildman–Crippen MR) is 84.7 cm³/mol. The number of hydrogen-bond donors (Lipinski definition) is 1. The van der Waals surface area contributed by atoms with Crippen molar-refractivity contribution in [1.29, 1.82) is 0 Å². The van der Waals surface area contributed by atoms with Crippen molar-refractivity contribution in [1.82, 2.24) is 15.2 Å². The van der Waals surface area contributed by atoms with Crippen molar-refractivity contribution in [2.45, 2.75) is 64.6 Å². The van der Waals surface area contributed by atoms with Crippen molar-refractivity contribution < 1.29 is 4.39 Å². The Hall–Kier alpha value is -1.00. The summed E-state index contributed by atoms with van der Waals surface area (Å²) in [7, 11) is 0. The van der Waals surface area contributed by atoms with Crippen molar-refractivity contribution in [2.75, 3.05) is 13.1 Å². The molecule has 2 rings (SSSR count). The zero-order valence-corrected chi connectivity index (χ0v) is 13.5. The molecule has 0 saturated carbocycles. The van der Waals surface area contributed by atoms with Gasteiger partial charge in [-0.1, -0.05) is 13.8 Å². The molecule has 1 saturated heterocycles. The first-order valence-corrected chi connectivity index (χ1v) is 8.26. The minimum atomic E-state index is -0.270. The monoisotopic (exact) mass is 293 g/mol. The second kappa shape index (κ2) is 7.85. The lowest BCUT2D eigenvalue weighted by Gasteiger charge is -2.29. The highest BCUT2D eigenvalue weighted by Crippen LogP contribution is 2.27. The summed E-state index contributed by atoms with van der Waals surface area (Å²) in [5.41, 5.74) is 0.943. The summed E-state index contributed by atoms with van der Waals surface area (Å²) >= 11 is 0. The summed E-state index contributed by atoms with van der Waals surface area (Å²) in [6, 6.07) is 4.91. The van der Waals surface area contributed by atoms with Gasteiger partial charge in [0, 0.05) is 18.6 Å². The van der Waals surface area contributed by atoms with Crippen LogP contribution in [0, 0.1) is 5.82 Å². The fourth-order valence-corrected chi connectivity index (χ4v) is 3.44. The van der Waals surface area contributed by atoms with E-state index in [-0.39, 0.29) is 11.9 Å². The molecule has 118 valence electrons. The largest absolute Gasteiger partial charge is 0.309 e. The average molecular weight is 293 g/mol. The Balaban J connectivity index is 1.98. The molecule has 2 heterocycles. The number of nitrogens with zero attached hydrogens (tertiary/aromatic N) is 2. The van der Waals surface area contributed by atoms with Crippen LogP contribution in [0.3, 0.4) is 0 Å². The Morgan fingerprint density at radius 1 is 1.38 bits per heavy atom. The molecule has 1 N–H and O–H groups in total. The number of aromatic nitrogens is 1. The maximum atomic E-state index is 13.0. The van der Waals surface area contributed by atoms with Crippen LogP contribution in [0.2, 0.25) is 0 Å². The highest BCUT2D eigenvalue weighted by molar-refractivity contribution is 5.10. The van der Waals surface area contributed by atoms with E-state index in [0.29, 0.717) is 6.04 Å². The second-order valence-corrected chi connectivity index (χ2v) is 6.03. The van der Waals surface area contributed by atoms with Gasteiger partial charge < -0.3 is 5.32 Å². The molecule has 1 aliphatic rings. The van der Waals surface area contributed by atoms with Crippen LogP contribution in [0.25, 0.3) is 0 Å². The van der Waals surface area contributed by atoms with Crippen LogP contribution in [-0.4, -0.2) is 35.1 Å². The SMILES string of the molecule is CCNC(CCN1C(C)CCC1CC)c1ccc(F)cn1. The van der Waals surface area contributed by atoms with Gasteiger partial charge >= 0.3 is 0 Å². The van der Waals surface area contributed by atoms with Gasteiger partial charge in [0.05, 0.1) is 17.9 Å². The Morgan fingerprint density at radius 2 is 2.19 bits per heavy atom. The van der Waals surface area contributed by atoms with Crippen molar-refractivity contribution >= 4 is 0 Å². The van der Waals surface area contributed by atoms with Gasteiger partial charge in [-0.15, -0.1) is 0 Å². The molecule has 0 spiro atoms. The molecule has 1 aromatic rings. The first-order valence-electron chi connectivity index (χ1n) is 8.26. The van der Waals surface area contributed by atoms with Crippen LogP contribution in [0.15, 0.2) is 18.3 Å². The minimum Gasteiger partial charge on any atom is -0.309 e. The molecule has 21 heavy (non-hydrogen) atoms. The molecular weight excluding hydrogens is 265 g/mol. The van der Waals surface area contributed by atoms with Crippen LogP contribution in [0.1, 0.15) is 58.2 Å². The number of likely N-dealkylation sites (tertiary alicyclic amines) is 1. The number of rotatable bonds is 7. The van der Waals surface area contributed by atoms with E-state index in [9.17, 15) is 4.39 Å². The molecule has 1 aromatic heterocycles. The fourth-order valence-electron chi connectivity index (χ4n) is 3.44. The average Bonchev–Trinajstić information content (AvgIpc) is 2.85. The van der Waals surface area contributed by atoms with E-state index in [4.69, 9.17) is 0 Å². The van der Waals surface area contributed by atoms with Gasteiger partial charge in [0.25, 0.3) is 0 Å². The molecule has 0 aliphatic carbocycles. The quantitative estimate of drug-likeness (QED) is 0.833. The van der Waals surface area contributed by atoms with Gasteiger partial charge in [0.1, 0.15) is 5.82 Å². The van der Waals surface area contributed by atoms with Gasteiger partial charge in [0.2, 0.25) is 0 Å². The Bertz CT molecular complexity index is 421. The third kappa shape index (κ3) is 4.24. The maximum Gasteiger partial charge on any atom is 0.141 e. The van der Waals surface area contributed by atoms with Crippen LogP contribution in [-0.2, 0) is 0 Å². The summed E-state index contributed by atoms with van der Waals surface area (Å²) in [6.45, 7) is 8.68. The zero-order chi connectivity index (χ0) is 15.2. The van der Waals surface area contributed by atoms with E-state index in [0.717, 1.165) is 31.2 Å². The standard InChI is InChI=1S/C17H28FN3/c1-4-15-8-6-13(3)21(15)11-10-17(19-5-2)16-9-7-14(18)12-20-16/h7,9,12-13,15,17,19H,4-6,8,10-11H2,1-3H3. The van der Waals surface area contributed by atoms with Crippen LogP contribution < -0.4 is 5.32 Å². The normalized spacial score (nSPS) is 24.4. The molecule has 3 unspecified atom stereocenters. The lowest BCUT2D eigenvalue weighted by Crippen LogP contribution is -2.37. The summed E-state index contributed by atoms with van der Waals surface area (Å²) in [5, 5.41) is 3.48. The van der Waals surface area contributed by atoms with E-state index >= 15 is 0 Å². The van der Waals surface area contributed by atoms with E-state index < -0.39 is 0 Å². The van der Waals surface area contributed by atoms with E-state index in [1.807, 2.05) is 0 Å². The number of nitrogens with one attached hydrogen (secondary N) is 1. The molecule has 1 aliphatic heterocycles. The van der Waals surface area contributed by atoms with Crippen molar-refractivity contribution in [2.24, 2.45) is 0 Å². The lowest BCUT2D eigenvalue weighted by molar-refractivity contribution is 0.187. The number of hydrogen-bond acceptors (Lipinski definition) is 3. The summed E-state index contributed by atoms with van der Waals surface area (Å²) in [5.74, 6) is -0.270. The summed E-state index contributed by atoms with van der Waals surface area (Å²) in [4.78, 5) is 6.88. The van der Waals surface area contributed by atoms with E-state index in [1.54, 1.807) is 6.07 Å². The fraction of sp³-hybridized carbons (Fsp3) is 0.706. The highest BCUT2D eigenvalue weighted by atomic mass is 19.1. The smallest absolute Gasteiger partial charge is 0.141 e. The highest BCUT2D eigenvalue weighted by Gasteiger charge is 2.29. The Morgan fingerprint density at radius 3 is 2.81 bits per heavy atom. The molecule has 1 fully saturated rings. The zero-order valence-electron chi connectivity index (χ0n) is 13.5. The summed E-state index contributed by atoms with van der Waals surface area (Å²) < 4.78 is 13.0. The minimum absolute atomic E-state index is 0.209. The summed E-state index contributed by atoms with van der Waals surface area (Å²) in [6.07, 6.45) is 6.18. The van der Waals surface area contributed by atoms with Crippen molar-refractivity contribution in [3.8, 4) is 0 Å². The van der Waals surface area contributed by atoms with Gasteiger partial charge in [-0.25, -0.2) is 4.39 Å². The molecule has 0 radical (unpaired) electrons. The van der Waals surface area contributed by atoms with Crippen molar-refractivity contribution in [3.63, 3.8) is 0 Å². The second-order valence-electron chi connectivity index (χ2n) is 6.03. The Kier molecular flexibility index (Phi) is 6.12. The van der Waals surface area contributed by atoms with E-state index in [1.165, 1.54) is 31.5 Å². The molecule has 0 aromatic carbocycles. The van der Waals surface area contributed by atoms with Crippen LogP contribution in [0.4, 0.5) is 4.39 Å². The molecule has 0 bridgehead atoms. The van der Waals surface area contributed by atoms with Gasteiger partial charge in [-0.3, -0.25) is 9.88 Å². The van der Waals surface area contributed by atoms with Crippen LogP contribution >= 0.6 is 0 Å². The van der Waals surface area contributed by atoms with Crippen LogP contribution in [0.5, 0.6) is 0 Å². The lowest BCUT2D eigenvalue weighted by atomic mass is 10.1. The molecule has 3 nitrogen and oxygen atoms in total. The van der Waals surface area contributed by atoms with Gasteiger partial charge in [-0.05, 0) is 51.3 Å². The topological polar surface area (TPSA) is 28.2 Å². The van der Waals surface area contributed by atoms with E-state index in [2.05, 4.69) is 36.0 Å². The van der Waals surface area contributed by atoms with Gasteiger partial charge in [-0.2, -0.15) is 0 Å². The number of halogens is 1. The van der Waals surface area contributed by atoms with Crippen molar-refractivity contribution in [3.05, 3.63) is 29.8 Å². The molecule has 3 atom stereocenters. The molecule has 4 heteroatoms. The first-order chi connectivity index (χ1) is 10.2.